The lowest BCUT2D eigenvalue weighted by Crippen LogP contribution is -2.14. The van der Waals surface area contributed by atoms with E-state index in [0.717, 1.165) is 12.1 Å². The first-order valence-corrected chi connectivity index (χ1v) is 6.93. The first kappa shape index (κ1) is 13.6. The molecule has 1 aliphatic rings. The standard InChI is InChI=1S/C14H18ClF2N/c15-12-7-11(16)8-13(17)14(12)18-9-10-5-3-1-2-4-6-10/h7-8,10,18H,1-6,9H2. The molecule has 0 unspecified atom stereocenters. The van der Waals surface area contributed by atoms with E-state index in [1.807, 2.05) is 0 Å². The van der Waals surface area contributed by atoms with Crippen molar-refractivity contribution in [1.29, 1.82) is 0 Å². The number of anilines is 1. The molecule has 1 N–H and O–H groups in total. The summed E-state index contributed by atoms with van der Waals surface area (Å²) in [6.45, 7) is 0.711. The smallest absolute Gasteiger partial charge is 0.150 e. The molecule has 2 rings (SSSR count). The minimum atomic E-state index is -0.641. The Morgan fingerprint density at radius 1 is 1.11 bits per heavy atom. The minimum Gasteiger partial charge on any atom is -0.381 e. The number of benzene rings is 1. The van der Waals surface area contributed by atoms with Gasteiger partial charge in [0.05, 0.1) is 10.7 Å². The average molecular weight is 274 g/mol. The highest BCUT2D eigenvalue weighted by atomic mass is 35.5. The molecule has 1 aromatic carbocycles. The number of hydrogen-bond donors (Lipinski definition) is 1. The van der Waals surface area contributed by atoms with Crippen LogP contribution in [-0.2, 0) is 0 Å². The minimum absolute atomic E-state index is 0.112. The van der Waals surface area contributed by atoms with Crippen LogP contribution in [0.2, 0.25) is 5.02 Å². The van der Waals surface area contributed by atoms with Gasteiger partial charge in [0.15, 0.2) is 5.82 Å². The Hall–Kier alpha value is -0.830. The predicted molar refractivity (Wildman–Crippen MR) is 71.0 cm³/mol. The third kappa shape index (κ3) is 3.58. The van der Waals surface area contributed by atoms with E-state index in [1.54, 1.807) is 0 Å². The zero-order chi connectivity index (χ0) is 13.0. The van der Waals surface area contributed by atoms with Crippen LogP contribution in [-0.4, -0.2) is 6.54 Å². The predicted octanol–water partition coefficient (Wildman–Crippen LogP) is 5.00. The summed E-state index contributed by atoms with van der Waals surface area (Å²) in [5.74, 6) is -0.695. The van der Waals surface area contributed by atoms with Gasteiger partial charge in [-0.1, -0.05) is 37.3 Å². The molecule has 1 aliphatic carbocycles. The molecule has 18 heavy (non-hydrogen) atoms. The Bertz CT molecular complexity index is 378. The normalized spacial score (nSPS) is 17.5. The van der Waals surface area contributed by atoms with Gasteiger partial charge in [0.2, 0.25) is 0 Å². The van der Waals surface area contributed by atoms with E-state index < -0.39 is 11.6 Å². The highest BCUT2D eigenvalue weighted by Gasteiger charge is 2.14. The monoisotopic (exact) mass is 273 g/mol. The maximum absolute atomic E-state index is 13.6. The van der Waals surface area contributed by atoms with E-state index in [0.29, 0.717) is 12.5 Å². The Morgan fingerprint density at radius 2 is 1.78 bits per heavy atom. The van der Waals surface area contributed by atoms with Gasteiger partial charge in [-0.2, -0.15) is 0 Å². The highest BCUT2D eigenvalue weighted by molar-refractivity contribution is 6.33. The van der Waals surface area contributed by atoms with E-state index in [2.05, 4.69) is 5.32 Å². The van der Waals surface area contributed by atoms with Crippen molar-refractivity contribution in [2.24, 2.45) is 5.92 Å². The molecule has 1 fully saturated rings. The maximum atomic E-state index is 13.6. The van der Waals surface area contributed by atoms with Gasteiger partial charge in [0.1, 0.15) is 5.82 Å². The number of halogens is 3. The summed E-state index contributed by atoms with van der Waals surface area (Å²) in [5.41, 5.74) is 0.224. The number of rotatable bonds is 3. The second kappa shape index (κ2) is 6.37. The van der Waals surface area contributed by atoms with Crippen molar-refractivity contribution in [2.45, 2.75) is 38.5 Å². The Labute approximate surface area is 112 Å². The van der Waals surface area contributed by atoms with Crippen molar-refractivity contribution >= 4 is 17.3 Å². The summed E-state index contributed by atoms with van der Waals surface area (Å²) in [6, 6.07) is 2.00. The van der Waals surface area contributed by atoms with E-state index in [-0.39, 0.29) is 10.7 Å². The van der Waals surface area contributed by atoms with Crippen LogP contribution in [0.3, 0.4) is 0 Å². The molecule has 0 radical (unpaired) electrons. The van der Waals surface area contributed by atoms with Crippen molar-refractivity contribution in [3.8, 4) is 0 Å². The zero-order valence-electron chi connectivity index (χ0n) is 10.3. The first-order valence-electron chi connectivity index (χ1n) is 6.55. The fourth-order valence-corrected chi connectivity index (χ4v) is 2.79. The Morgan fingerprint density at radius 3 is 2.39 bits per heavy atom. The summed E-state index contributed by atoms with van der Waals surface area (Å²) in [5, 5.41) is 3.14. The van der Waals surface area contributed by atoms with Crippen molar-refractivity contribution in [2.75, 3.05) is 11.9 Å². The molecule has 0 amide bonds. The fraction of sp³-hybridized carbons (Fsp3) is 0.571. The van der Waals surface area contributed by atoms with Crippen molar-refractivity contribution in [3.05, 3.63) is 28.8 Å². The second-order valence-electron chi connectivity index (χ2n) is 4.98. The molecule has 0 saturated heterocycles. The van der Waals surface area contributed by atoms with Gasteiger partial charge in [0, 0.05) is 12.6 Å². The van der Waals surface area contributed by atoms with E-state index in [9.17, 15) is 8.78 Å². The van der Waals surface area contributed by atoms with E-state index in [1.165, 1.54) is 38.5 Å². The summed E-state index contributed by atoms with van der Waals surface area (Å²) < 4.78 is 26.5. The lowest BCUT2D eigenvalue weighted by molar-refractivity contribution is 0.482. The van der Waals surface area contributed by atoms with E-state index in [4.69, 9.17) is 11.6 Å². The second-order valence-corrected chi connectivity index (χ2v) is 5.39. The first-order chi connectivity index (χ1) is 8.66. The van der Waals surface area contributed by atoms with Crippen LogP contribution in [0.5, 0.6) is 0 Å². The molecule has 0 spiro atoms. The molecule has 4 heteroatoms. The molecular formula is C14H18ClF2N. The summed E-state index contributed by atoms with van der Waals surface area (Å²) in [6.07, 6.45) is 7.42. The molecule has 100 valence electrons. The van der Waals surface area contributed by atoms with Crippen LogP contribution in [0.25, 0.3) is 0 Å². The average Bonchev–Trinajstić information content (AvgIpc) is 2.56. The lowest BCUT2D eigenvalue weighted by atomic mass is 10.0. The maximum Gasteiger partial charge on any atom is 0.150 e. The van der Waals surface area contributed by atoms with Crippen molar-refractivity contribution < 1.29 is 8.78 Å². The molecule has 0 bridgehead atoms. The number of hydrogen-bond acceptors (Lipinski definition) is 1. The summed E-state index contributed by atoms with van der Waals surface area (Å²) >= 11 is 5.84. The van der Waals surface area contributed by atoms with Gasteiger partial charge in [-0.05, 0) is 24.8 Å². The van der Waals surface area contributed by atoms with Gasteiger partial charge in [0.25, 0.3) is 0 Å². The third-order valence-corrected chi connectivity index (χ3v) is 3.85. The van der Waals surface area contributed by atoms with Crippen LogP contribution in [0.4, 0.5) is 14.5 Å². The summed E-state index contributed by atoms with van der Waals surface area (Å²) in [7, 11) is 0. The molecule has 0 aliphatic heterocycles. The lowest BCUT2D eigenvalue weighted by Gasteiger charge is -2.17. The quantitative estimate of drug-likeness (QED) is 0.764. The van der Waals surface area contributed by atoms with Gasteiger partial charge < -0.3 is 5.32 Å². The Balaban J connectivity index is 1.97. The van der Waals surface area contributed by atoms with Crippen LogP contribution in [0.15, 0.2) is 12.1 Å². The van der Waals surface area contributed by atoms with E-state index >= 15 is 0 Å². The van der Waals surface area contributed by atoms with Crippen LogP contribution >= 0.6 is 11.6 Å². The van der Waals surface area contributed by atoms with Crippen LogP contribution in [0.1, 0.15) is 38.5 Å². The molecule has 1 aromatic rings. The fourth-order valence-electron chi connectivity index (χ4n) is 2.53. The van der Waals surface area contributed by atoms with Crippen LogP contribution in [0, 0.1) is 17.6 Å². The van der Waals surface area contributed by atoms with Gasteiger partial charge in [-0.3, -0.25) is 0 Å². The molecule has 1 nitrogen and oxygen atoms in total. The third-order valence-electron chi connectivity index (χ3n) is 3.55. The summed E-state index contributed by atoms with van der Waals surface area (Å²) in [4.78, 5) is 0. The van der Waals surface area contributed by atoms with Crippen molar-refractivity contribution in [1.82, 2.24) is 0 Å². The molecule has 0 aromatic heterocycles. The Kier molecular flexibility index (Phi) is 4.81. The molecular weight excluding hydrogens is 256 g/mol. The van der Waals surface area contributed by atoms with Gasteiger partial charge in [-0.15, -0.1) is 0 Å². The van der Waals surface area contributed by atoms with Crippen LogP contribution < -0.4 is 5.32 Å². The SMILES string of the molecule is Fc1cc(F)c(NCC2CCCCCC2)c(Cl)c1. The van der Waals surface area contributed by atoms with Gasteiger partial charge in [-0.25, -0.2) is 8.78 Å². The highest BCUT2D eigenvalue weighted by Crippen LogP contribution is 2.28. The topological polar surface area (TPSA) is 12.0 Å². The molecule has 0 heterocycles. The van der Waals surface area contributed by atoms with Crippen molar-refractivity contribution in [3.63, 3.8) is 0 Å². The largest absolute Gasteiger partial charge is 0.381 e. The molecule has 1 saturated carbocycles. The van der Waals surface area contributed by atoms with Gasteiger partial charge >= 0.3 is 0 Å². The number of nitrogens with one attached hydrogen (secondary N) is 1. The molecule has 0 atom stereocenters. The zero-order valence-corrected chi connectivity index (χ0v) is 11.1.